The molecule has 0 amide bonds. The van der Waals surface area contributed by atoms with Gasteiger partial charge in [-0.15, -0.1) is 0 Å². The molecule has 74 valence electrons. The molecule has 1 N–H and O–H groups in total. The number of carbonyl (C=O) groups is 1. The van der Waals surface area contributed by atoms with Crippen LogP contribution in [0.2, 0.25) is 0 Å². The number of halogens is 1. The summed E-state index contributed by atoms with van der Waals surface area (Å²) in [5.74, 6) is -0.471. The molecule has 0 aliphatic rings. The largest absolute Gasteiger partial charge is 0.410 e. The number of ketones is 1. The van der Waals surface area contributed by atoms with Crippen molar-refractivity contribution >= 4 is 22.6 Å². The molecule has 0 bridgehead atoms. The van der Waals surface area contributed by atoms with Gasteiger partial charge in [-0.25, -0.2) is 0 Å². The second kappa shape index (κ2) is 4.24. The lowest BCUT2D eigenvalue weighted by Gasteiger charge is -2.01. The van der Waals surface area contributed by atoms with Crippen LogP contribution >= 0.6 is 11.6 Å². The number of hydrogen-bond acceptors (Lipinski definition) is 3. The van der Waals surface area contributed by atoms with Gasteiger partial charge in [0.1, 0.15) is 0 Å². The topological polar surface area (TPSA) is 49.7 Å². The van der Waals surface area contributed by atoms with E-state index in [1.165, 1.54) is 0 Å². The van der Waals surface area contributed by atoms with Crippen molar-refractivity contribution in [2.45, 2.75) is 13.8 Å². The van der Waals surface area contributed by atoms with Gasteiger partial charge in [-0.05, 0) is 26.0 Å². The van der Waals surface area contributed by atoms with Crippen LogP contribution in [-0.2, 0) is 0 Å². The monoisotopic (exact) mass is 211 g/mol. The number of rotatable bonds is 2. The SMILES string of the molecule is Cc1cc(C)cc(C(=O)/C(Cl)=N/O)c1. The predicted octanol–water partition coefficient (Wildman–Crippen LogP) is 2.51. The quantitative estimate of drug-likeness (QED) is 0.354. The second-order valence-electron chi connectivity index (χ2n) is 3.10. The third-order valence-electron chi connectivity index (χ3n) is 1.76. The Morgan fingerprint density at radius 3 is 2.21 bits per heavy atom. The Morgan fingerprint density at radius 2 is 1.79 bits per heavy atom. The zero-order valence-corrected chi connectivity index (χ0v) is 8.67. The van der Waals surface area contributed by atoms with E-state index in [4.69, 9.17) is 16.8 Å². The summed E-state index contributed by atoms with van der Waals surface area (Å²) in [6.07, 6.45) is 0. The molecule has 0 radical (unpaired) electrons. The number of aryl methyl sites for hydroxylation is 2. The average molecular weight is 212 g/mol. The van der Waals surface area contributed by atoms with Crippen molar-refractivity contribution < 1.29 is 10.0 Å². The molecule has 0 aromatic heterocycles. The van der Waals surface area contributed by atoms with Crippen LogP contribution in [0.15, 0.2) is 23.4 Å². The maximum absolute atomic E-state index is 11.5. The smallest absolute Gasteiger partial charge is 0.226 e. The fraction of sp³-hybridized carbons (Fsp3) is 0.200. The maximum Gasteiger partial charge on any atom is 0.226 e. The Labute approximate surface area is 87.0 Å². The third kappa shape index (κ3) is 2.33. The number of hydrogen-bond donors (Lipinski definition) is 1. The highest BCUT2D eigenvalue weighted by molar-refractivity contribution is 6.84. The zero-order chi connectivity index (χ0) is 10.7. The first kappa shape index (κ1) is 10.7. The van der Waals surface area contributed by atoms with Gasteiger partial charge >= 0.3 is 0 Å². The number of Topliss-reactive ketones (excluding diaryl/α,β-unsaturated/α-hetero) is 1. The number of benzene rings is 1. The van der Waals surface area contributed by atoms with Crippen LogP contribution in [0.1, 0.15) is 21.5 Å². The van der Waals surface area contributed by atoms with Crippen LogP contribution in [0.5, 0.6) is 0 Å². The van der Waals surface area contributed by atoms with Gasteiger partial charge in [0.05, 0.1) is 0 Å². The molecule has 0 saturated carbocycles. The molecule has 0 atom stereocenters. The number of oxime groups is 1. The van der Waals surface area contributed by atoms with E-state index < -0.39 is 11.0 Å². The van der Waals surface area contributed by atoms with Crippen molar-refractivity contribution in [3.05, 3.63) is 34.9 Å². The van der Waals surface area contributed by atoms with E-state index in [1.54, 1.807) is 12.1 Å². The summed E-state index contributed by atoms with van der Waals surface area (Å²) in [4.78, 5) is 11.5. The number of carbonyl (C=O) groups excluding carboxylic acids is 1. The van der Waals surface area contributed by atoms with Crippen LogP contribution in [0, 0.1) is 13.8 Å². The first-order valence-corrected chi connectivity index (χ1v) is 4.43. The van der Waals surface area contributed by atoms with E-state index in [-0.39, 0.29) is 0 Å². The molecule has 0 saturated heterocycles. The van der Waals surface area contributed by atoms with E-state index in [0.29, 0.717) is 5.56 Å². The van der Waals surface area contributed by atoms with Crippen LogP contribution in [0.25, 0.3) is 0 Å². The van der Waals surface area contributed by atoms with Crippen LogP contribution in [0.3, 0.4) is 0 Å². The van der Waals surface area contributed by atoms with E-state index >= 15 is 0 Å². The molecule has 0 aliphatic carbocycles. The van der Waals surface area contributed by atoms with Crippen molar-refractivity contribution in [3.63, 3.8) is 0 Å². The molecule has 0 spiro atoms. The minimum atomic E-state index is -0.471. The van der Waals surface area contributed by atoms with Crippen LogP contribution < -0.4 is 0 Å². The van der Waals surface area contributed by atoms with Crippen molar-refractivity contribution in [3.8, 4) is 0 Å². The molecule has 0 fully saturated rings. The van der Waals surface area contributed by atoms with Crippen LogP contribution in [0.4, 0.5) is 0 Å². The summed E-state index contributed by atoms with van der Waals surface area (Å²) in [5, 5.41) is 10.6. The summed E-state index contributed by atoms with van der Waals surface area (Å²) in [6, 6.07) is 5.34. The Balaban J connectivity index is 3.14. The lowest BCUT2D eigenvalue weighted by molar-refractivity contribution is 0.106. The Morgan fingerprint density at radius 1 is 1.29 bits per heavy atom. The molecule has 14 heavy (non-hydrogen) atoms. The summed E-state index contributed by atoms with van der Waals surface area (Å²) in [5.41, 5.74) is 2.37. The molecule has 0 heterocycles. The highest BCUT2D eigenvalue weighted by atomic mass is 35.5. The first-order chi connectivity index (χ1) is 6.54. The molecular formula is C10H10ClNO2. The molecule has 3 nitrogen and oxygen atoms in total. The van der Waals surface area contributed by atoms with Crippen molar-refractivity contribution in [1.29, 1.82) is 0 Å². The third-order valence-corrected chi connectivity index (χ3v) is 2.01. The van der Waals surface area contributed by atoms with E-state index in [9.17, 15) is 4.79 Å². The fourth-order valence-corrected chi connectivity index (χ4v) is 1.38. The van der Waals surface area contributed by atoms with Gasteiger partial charge in [-0.3, -0.25) is 4.79 Å². The summed E-state index contributed by atoms with van der Waals surface area (Å²) in [6.45, 7) is 3.77. The summed E-state index contributed by atoms with van der Waals surface area (Å²) in [7, 11) is 0. The molecule has 1 aromatic rings. The van der Waals surface area contributed by atoms with E-state index in [0.717, 1.165) is 11.1 Å². The Bertz CT molecular complexity index is 379. The summed E-state index contributed by atoms with van der Waals surface area (Å²) >= 11 is 5.41. The molecule has 1 aromatic carbocycles. The minimum absolute atomic E-state index is 0.421. The van der Waals surface area contributed by atoms with Gasteiger partial charge < -0.3 is 5.21 Å². The molecule has 4 heteroatoms. The summed E-state index contributed by atoms with van der Waals surface area (Å²) < 4.78 is 0. The van der Waals surface area contributed by atoms with E-state index in [2.05, 4.69) is 5.16 Å². The maximum atomic E-state index is 11.5. The highest BCUT2D eigenvalue weighted by Crippen LogP contribution is 2.11. The van der Waals surface area contributed by atoms with E-state index in [1.807, 2.05) is 19.9 Å². The van der Waals surface area contributed by atoms with Crippen LogP contribution in [-0.4, -0.2) is 16.2 Å². The number of nitrogens with zero attached hydrogens (tertiary/aromatic N) is 1. The molecular weight excluding hydrogens is 202 g/mol. The predicted molar refractivity (Wildman–Crippen MR) is 55.3 cm³/mol. The average Bonchev–Trinajstić information content (AvgIpc) is 2.14. The van der Waals surface area contributed by atoms with Gasteiger partial charge in [-0.2, -0.15) is 0 Å². The zero-order valence-electron chi connectivity index (χ0n) is 7.91. The van der Waals surface area contributed by atoms with Gasteiger partial charge in [0.25, 0.3) is 0 Å². The fourth-order valence-electron chi connectivity index (χ4n) is 1.27. The molecule has 0 unspecified atom stereocenters. The van der Waals surface area contributed by atoms with Gasteiger partial charge in [-0.1, -0.05) is 33.9 Å². The normalized spacial score (nSPS) is 11.5. The Kier molecular flexibility index (Phi) is 3.25. The van der Waals surface area contributed by atoms with Gasteiger partial charge in [0, 0.05) is 5.56 Å². The molecule has 0 aliphatic heterocycles. The second-order valence-corrected chi connectivity index (χ2v) is 3.45. The Hall–Kier alpha value is -1.35. The highest BCUT2D eigenvalue weighted by Gasteiger charge is 2.12. The first-order valence-electron chi connectivity index (χ1n) is 4.05. The van der Waals surface area contributed by atoms with Gasteiger partial charge in [0.2, 0.25) is 11.0 Å². The van der Waals surface area contributed by atoms with Crippen molar-refractivity contribution in [1.82, 2.24) is 0 Å². The van der Waals surface area contributed by atoms with Gasteiger partial charge in [0.15, 0.2) is 0 Å². The minimum Gasteiger partial charge on any atom is -0.410 e. The lowest BCUT2D eigenvalue weighted by Crippen LogP contribution is -2.08. The van der Waals surface area contributed by atoms with Crippen molar-refractivity contribution in [2.75, 3.05) is 0 Å². The molecule has 1 rings (SSSR count). The lowest BCUT2D eigenvalue weighted by atomic mass is 10.0. The standard InChI is InChI=1S/C10H10ClNO2/c1-6-3-7(2)5-8(4-6)9(13)10(11)12-14/h3-5,14H,1-2H3/b12-10-. The van der Waals surface area contributed by atoms with Crippen molar-refractivity contribution in [2.24, 2.45) is 5.16 Å².